The van der Waals surface area contributed by atoms with E-state index in [4.69, 9.17) is 10.5 Å². The third-order valence-electron chi connectivity index (χ3n) is 2.60. The molecule has 2 aromatic rings. The number of ether oxygens (including phenoxy) is 1. The number of nitrogens with one attached hydrogen (secondary N) is 1. The van der Waals surface area contributed by atoms with Gasteiger partial charge in [0.05, 0.1) is 18.0 Å². The summed E-state index contributed by atoms with van der Waals surface area (Å²) in [6.45, 7) is 2.02. The van der Waals surface area contributed by atoms with Crippen molar-refractivity contribution >= 4 is 17.1 Å². The zero-order chi connectivity index (χ0) is 14.7. The molecule has 6 heteroatoms. The average Bonchev–Trinajstić information content (AvgIpc) is 2.39. The van der Waals surface area contributed by atoms with Gasteiger partial charge in [-0.25, -0.2) is 13.2 Å². The summed E-state index contributed by atoms with van der Waals surface area (Å²) in [7, 11) is 0. The predicted octanol–water partition coefficient (Wildman–Crippen LogP) is 3.83. The summed E-state index contributed by atoms with van der Waals surface area (Å²) in [4.78, 5) is 0. The Morgan fingerprint density at radius 2 is 1.80 bits per heavy atom. The first-order valence-corrected chi connectivity index (χ1v) is 5.95. The molecule has 0 aliphatic rings. The minimum Gasteiger partial charge on any atom is -0.491 e. The van der Waals surface area contributed by atoms with Gasteiger partial charge in [0, 0.05) is 23.9 Å². The summed E-state index contributed by atoms with van der Waals surface area (Å²) in [5.41, 5.74) is 6.46. The highest BCUT2D eigenvalue weighted by Gasteiger charge is 2.10. The van der Waals surface area contributed by atoms with E-state index in [0.717, 1.165) is 18.2 Å². The number of hydrogen-bond donors (Lipinski definition) is 2. The van der Waals surface area contributed by atoms with Gasteiger partial charge in [-0.1, -0.05) is 0 Å². The third-order valence-corrected chi connectivity index (χ3v) is 2.60. The van der Waals surface area contributed by atoms with Crippen LogP contribution < -0.4 is 15.8 Å². The van der Waals surface area contributed by atoms with Crippen LogP contribution in [0.3, 0.4) is 0 Å². The first-order valence-electron chi connectivity index (χ1n) is 5.95. The molecular weight excluding hydrogens is 269 g/mol. The quantitative estimate of drug-likeness (QED) is 0.838. The molecule has 0 saturated carbocycles. The molecule has 3 N–H and O–H groups in total. The van der Waals surface area contributed by atoms with Gasteiger partial charge in [0.1, 0.15) is 0 Å². The standard InChI is InChI=1S/C14H13F3N2O/c1-2-20-14-7-13(12(18)6-11(14)17)19-8-3-4-9(15)10(16)5-8/h3-7,19H,2,18H2,1H3. The van der Waals surface area contributed by atoms with Crippen LogP contribution in [0.5, 0.6) is 5.75 Å². The number of nitrogens with two attached hydrogens (primary N) is 1. The zero-order valence-electron chi connectivity index (χ0n) is 10.7. The highest BCUT2D eigenvalue weighted by molar-refractivity contribution is 5.74. The van der Waals surface area contributed by atoms with Crippen molar-refractivity contribution in [2.45, 2.75) is 6.92 Å². The van der Waals surface area contributed by atoms with Crippen LogP contribution in [0.2, 0.25) is 0 Å². The van der Waals surface area contributed by atoms with Crippen LogP contribution >= 0.6 is 0 Å². The molecule has 0 spiro atoms. The largest absolute Gasteiger partial charge is 0.491 e. The lowest BCUT2D eigenvalue weighted by Crippen LogP contribution is -2.01. The van der Waals surface area contributed by atoms with E-state index in [1.54, 1.807) is 6.92 Å². The van der Waals surface area contributed by atoms with Crippen molar-refractivity contribution in [3.63, 3.8) is 0 Å². The van der Waals surface area contributed by atoms with Crippen LogP contribution in [-0.4, -0.2) is 6.61 Å². The summed E-state index contributed by atoms with van der Waals surface area (Å²) < 4.78 is 44.6. The number of anilines is 3. The molecule has 2 aromatic carbocycles. The molecule has 0 bridgehead atoms. The van der Waals surface area contributed by atoms with Crippen LogP contribution in [0.1, 0.15) is 6.92 Å². The summed E-state index contributed by atoms with van der Waals surface area (Å²) >= 11 is 0. The Kier molecular flexibility index (Phi) is 4.02. The molecule has 2 rings (SSSR count). The SMILES string of the molecule is CCOc1cc(Nc2ccc(F)c(F)c2)c(N)cc1F. The van der Waals surface area contributed by atoms with Gasteiger partial charge in [-0.2, -0.15) is 0 Å². The molecule has 0 atom stereocenters. The first kappa shape index (κ1) is 14.0. The van der Waals surface area contributed by atoms with E-state index < -0.39 is 17.5 Å². The minimum atomic E-state index is -0.985. The maximum Gasteiger partial charge on any atom is 0.167 e. The lowest BCUT2D eigenvalue weighted by atomic mass is 10.2. The van der Waals surface area contributed by atoms with Crippen molar-refractivity contribution < 1.29 is 17.9 Å². The van der Waals surface area contributed by atoms with Crippen LogP contribution in [0.25, 0.3) is 0 Å². The van der Waals surface area contributed by atoms with Crippen molar-refractivity contribution in [3.8, 4) is 5.75 Å². The van der Waals surface area contributed by atoms with Crippen molar-refractivity contribution in [2.75, 3.05) is 17.7 Å². The summed E-state index contributed by atoms with van der Waals surface area (Å²) in [6.07, 6.45) is 0. The van der Waals surface area contributed by atoms with Gasteiger partial charge in [-0.15, -0.1) is 0 Å². The first-order chi connectivity index (χ1) is 9.51. The maximum atomic E-state index is 13.5. The number of nitrogen functional groups attached to an aromatic ring is 1. The van der Waals surface area contributed by atoms with E-state index >= 15 is 0 Å². The Hall–Kier alpha value is -2.37. The second kappa shape index (κ2) is 5.73. The molecule has 0 fully saturated rings. The van der Waals surface area contributed by atoms with E-state index in [2.05, 4.69) is 5.32 Å². The second-order valence-electron chi connectivity index (χ2n) is 4.06. The second-order valence-corrected chi connectivity index (χ2v) is 4.06. The Balaban J connectivity index is 2.32. The summed E-state index contributed by atoms with van der Waals surface area (Å²) in [5.74, 6) is -2.48. The highest BCUT2D eigenvalue weighted by Crippen LogP contribution is 2.30. The molecule has 0 aromatic heterocycles. The van der Waals surface area contributed by atoms with Crippen molar-refractivity contribution in [3.05, 3.63) is 47.8 Å². The fraction of sp³-hybridized carbons (Fsp3) is 0.143. The molecule has 0 aliphatic carbocycles. The smallest absolute Gasteiger partial charge is 0.167 e. The maximum absolute atomic E-state index is 13.5. The van der Waals surface area contributed by atoms with Gasteiger partial charge < -0.3 is 15.8 Å². The number of hydrogen-bond acceptors (Lipinski definition) is 3. The highest BCUT2D eigenvalue weighted by atomic mass is 19.2. The van der Waals surface area contributed by atoms with Crippen LogP contribution in [-0.2, 0) is 0 Å². The van der Waals surface area contributed by atoms with E-state index in [9.17, 15) is 13.2 Å². The molecule has 0 heterocycles. The Morgan fingerprint density at radius 3 is 2.45 bits per heavy atom. The van der Waals surface area contributed by atoms with E-state index in [0.29, 0.717) is 18.0 Å². The van der Waals surface area contributed by atoms with Gasteiger partial charge in [0.2, 0.25) is 0 Å². The molecule has 20 heavy (non-hydrogen) atoms. The number of rotatable bonds is 4. The molecule has 0 radical (unpaired) electrons. The molecule has 3 nitrogen and oxygen atoms in total. The van der Waals surface area contributed by atoms with E-state index in [1.165, 1.54) is 12.1 Å². The minimum absolute atomic E-state index is 0.0341. The lowest BCUT2D eigenvalue weighted by Gasteiger charge is -2.12. The van der Waals surface area contributed by atoms with Gasteiger partial charge in [0.15, 0.2) is 23.2 Å². The van der Waals surface area contributed by atoms with Crippen LogP contribution in [0.4, 0.5) is 30.2 Å². The Bertz CT molecular complexity index is 632. The molecular formula is C14H13F3N2O. The molecule has 0 amide bonds. The predicted molar refractivity (Wildman–Crippen MR) is 71.6 cm³/mol. The fourth-order valence-corrected chi connectivity index (χ4v) is 1.67. The average molecular weight is 282 g/mol. The topological polar surface area (TPSA) is 47.3 Å². The van der Waals surface area contributed by atoms with Crippen molar-refractivity contribution in [2.24, 2.45) is 0 Å². The molecule has 106 valence electrons. The Morgan fingerprint density at radius 1 is 1.05 bits per heavy atom. The molecule has 0 saturated heterocycles. The summed E-state index contributed by atoms with van der Waals surface area (Å²) in [5, 5.41) is 2.79. The van der Waals surface area contributed by atoms with Crippen molar-refractivity contribution in [1.29, 1.82) is 0 Å². The molecule has 0 aliphatic heterocycles. The van der Waals surface area contributed by atoms with Gasteiger partial charge in [0.25, 0.3) is 0 Å². The monoisotopic (exact) mass is 282 g/mol. The van der Waals surface area contributed by atoms with E-state index in [1.807, 2.05) is 0 Å². The Labute approximate surface area is 114 Å². The third kappa shape index (κ3) is 2.96. The van der Waals surface area contributed by atoms with Crippen LogP contribution in [0.15, 0.2) is 30.3 Å². The van der Waals surface area contributed by atoms with Crippen molar-refractivity contribution in [1.82, 2.24) is 0 Å². The normalized spacial score (nSPS) is 10.4. The number of halogens is 3. The number of benzene rings is 2. The van der Waals surface area contributed by atoms with Gasteiger partial charge in [-0.3, -0.25) is 0 Å². The van der Waals surface area contributed by atoms with E-state index in [-0.39, 0.29) is 11.4 Å². The van der Waals surface area contributed by atoms with Gasteiger partial charge in [-0.05, 0) is 19.1 Å². The molecule has 0 unspecified atom stereocenters. The van der Waals surface area contributed by atoms with Gasteiger partial charge >= 0.3 is 0 Å². The lowest BCUT2D eigenvalue weighted by molar-refractivity contribution is 0.322. The zero-order valence-corrected chi connectivity index (χ0v) is 10.7. The summed E-state index contributed by atoms with van der Waals surface area (Å²) in [6, 6.07) is 5.80. The fourth-order valence-electron chi connectivity index (χ4n) is 1.67. The van der Waals surface area contributed by atoms with Crippen LogP contribution in [0, 0.1) is 17.5 Å².